The fraction of sp³-hybridized carbons (Fsp3) is 0.933. The van der Waals surface area contributed by atoms with Crippen molar-refractivity contribution < 1.29 is 9.53 Å². The molecule has 0 atom stereocenters. The molecule has 0 aromatic rings. The van der Waals surface area contributed by atoms with E-state index in [0.29, 0.717) is 18.9 Å². The lowest BCUT2D eigenvalue weighted by atomic mass is 9.86. The summed E-state index contributed by atoms with van der Waals surface area (Å²) >= 11 is 0. The van der Waals surface area contributed by atoms with Gasteiger partial charge in [0.2, 0.25) is 0 Å². The molecule has 0 N–H and O–H groups in total. The molecule has 17 heavy (non-hydrogen) atoms. The highest BCUT2D eigenvalue weighted by molar-refractivity contribution is 5.69. The van der Waals surface area contributed by atoms with E-state index in [0.717, 1.165) is 25.2 Å². The maximum Gasteiger partial charge on any atom is 0.305 e. The number of carbonyl (C=O) groups is 1. The molecule has 0 saturated heterocycles. The van der Waals surface area contributed by atoms with Crippen LogP contribution in [0.1, 0.15) is 71.6 Å². The lowest BCUT2D eigenvalue weighted by molar-refractivity contribution is -0.145. The molecule has 0 amide bonds. The van der Waals surface area contributed by atoms with Crippen LogP contribution in [0.25, 0.3) is 0 Å². The molecule has 1 rings (SSSR count). The van der Waals surface area contributed by atoms with Gasteiger partial charge < -0.3 is 4.74 Å². The largest absolute Gasteiger partial charge is 0.465 e. The van der Waals surface area contributed by atoms with E-state index in [4.69, 9.17) is 4.74 Å². The van der Waals surface area contributed by atoms with Crippen molar-refractivity contribution >= 4 is 5.97 Å². The van der Waals surface area contributed by atoms with Crippen LogP contribution in [0.5, 0.6) is 0 Å². The molecule has 0 radical (unpaired) electrons. The molecule has 0 aromatic carbocycles. The summed E-state index contributed by atoms with van der Waals surface area (Å²) in [4.78, 5) is 11.6. The Hall–Kier alpha value is -0.530. The van der Waals surface area contributed by atoms with Gasteiger partial charge in [0.15, 0.2) is 0 Å². The van der Waals surface area contributed by atoms with E-state index in [2.05, 4.69) is 13.8 Å². The van der Waals surface area contributed by atoms with Gasteiger partial charge in [-0.05, 0) is 18.3 Å². The topological polar surface area (TPSA) is 26.3 Å². The van der Waals surface area contributed by atoms with Crippen molar-refractivity contribution in [2.75, 3.05) is 6.61 Å². The molecule has 0 aromatic heterocycles. The Morgan fingerprint density at radius 1 is 1.18 bits per heavy atom. The Bertz CT molecular complexity index is 203. The molecule has 1 aliphatic carbocycles. The zero-order chi connectivity index (χ0) is 12.5. The van der Waals surface area contributed by atoms with Gasteiger partial charge in [-0.15, -0.1) is 0 Å². The van der Waals surface area contributed by atoms with Crippen LogP contribution in [0.2, 0.25) is 0 Å². The second-order valence-corrected chi connectivity index (χ2v) is 5.41. The van der Waals surface area contributed by atoms with Gasteiger partial charge in [0.25, 0.3) is 0 Å². The molecule has 100 valence electrons. The summed E-state index contributed by atoms with van der Waals surface area (Å²) in [5, 5.41) is 0. The summed E-state index contributed by atoms with van der Waals surface area (Å²) < 4.78 is 5.34. The summed E-state index contributed by atoms with van der Waals surface area (Å²) in [5.74, 6) is 1.35. The average molecular weight is 240 g/mol. The zero-order valence-corrected chi connectivity index (χ0v) is 11.5. The minimum atomic E-state index is 0.0162. The normalized spacial score (nSPS) is 17.4. The Kier molecular flexibility index (Phi) is 7.30. The van der Waals surface area contributed by atoms with Crippen LogP contribution in [0.15, 0.2) is 0 Å². The molecule has 2 nitrogen and oxygen atoms in total. The van der Waals surface area contributed by atoms with Gasteiger partial charge in [-0.25, -0.2) is 0 Å². The molecule has 1 aliphatic rings. The van der Waals surface area contributed by atoms with Crippen LogP contribution in [0, 0.1) is 11.8 Å². The van der Waals surface area contributed by atoms with Gasteiger partial charge in [-0.3, -0.25) is 4.79 Å². The summed E-state index contributed by atoms with van der Waals surface area (Å²) in [6.45, 7) is 4.94. The van der Waals surface area contributed by atoms with Gasteiger partial charge >= 0.3 is 5.97 Å². The molecule has 1 fully saturated rings. The van der Waals surface area contributed by atoms with E-state index in [1.54, 1.807) is 0 Å². The smallest absolute Gasteiger partial charge is 0.305 e. The third kappa shape index (κ3) is 6.09. The highest BCUT2D eigenvalue weighted by atomic mass is 16.5. The van der Waals surface area contributed by atoms with E-state index >= 15 is 0 Å². The predicted octanol–water partition coefficient (Wildman–Crippen LogP) is 4.33. The lowest BCUT2D eigenvalue weighted by Gasteiger charge is -2.21. The summed E-state index contributed by atoms with van der Waals surface area (Å²) in [6.07, 6.45) is 10.6. The number of carbonyl (C=O) groups excluding carboxylic acids is 1. The van der Waals surface area contributed by atoms with Crippen molar-refractivity contribution in [2.24, 2.45) is 11.8 Å². The van der Waals surface area contributed by atoms with Crippen LogP contribution in [-0.2, 0) is 9.53 Å². The van der Waals surface area contributed by atoms with Gasteiger partial charge in [0, 0.05) is 6.42 Å². The molecule has 0 spiro atoms. The first-order valence-corrected chi connectivity index (χ1v) is 7.41. The van der Waals surface area contributed by atoms with Gasteiger partial charge in [0.1, 0.15) is 0 Å². The van der Waals surface area contributed by atoms with Gasteiger partial charge in [-0.1, -0.05) is 58.8 Å². The molecule has 1 saturated carbocycles. The molecular weight excluding hydrogens is 212 g/mol. The first-order valence-electron chi connectivity index (χ1n) is 7.41. The van der Waals surface area contributed by atoms with Crippen LogP contribution in [0.4, 0.5) is 0 Å². The van der Waals surface area contributed by atoms with E-state index < -0.39 is 0 Å². The SMILES string of the molecule is CCC(CC)COC(=O)CCC1CCCCC1. The highest BCUT2D eigenvalue weighted by Crippen LogP contribution is 2.27. The minimum Gasteiger partial charge on any atom is -0.465 e. The van der Waals surface area contributed by atoms with Crippen molar-refractivity contribution in [2.45, 2.75) is 71.6 Å². The maximum atomic E-state index is 11.6. The van der Waals surface area contributed by atoms with Crippen LogP contribution in [0.3, 0.4) is 0 Å². The second-order valence-electron chi connectivity index (χ2n) is 5.41. The molecular formula is C15H28O2. The first-order chi connectivity index (χ1) is 8.26. The quantitative estimate of drug-likeness (QED) is 0.619. The summed E-state index contributed by atoms with van der Waals surface area (Å²) in [5.41, 5.74) is 0. The average Bonchev–Trinajstić information content (AvgIpc) is 2.39. The minimum absolute atomic E-state index is 0.0162. The van der Waals surface area contributed by atoms with Crippen molar-refractivity contribution in [3.05, 3.63) is 0 Å². The van der Waals surface area contributed by atoms with Crippen molar-refractivity contribution in [3.63, 3.8) is 0 Å². The lowest BCUT2D eigenvalue weighted by Crippen LogP contribution is -2.15. The number of rotatable bonds is 7. The number of esters is 1. The molecule has 0 unspecified atom stereocenters. The van der Waals surface area contributed by atoms with E-state index in [-0.39, 0.29) is 5.97 Å². The third-order valence-electron chi connectivity index (χ3n) is 4.12. The third-order valence-corrected chi connectivity index (χ3v) is 4.12. The molecule has 2 heteroatoms. The summed E-state index contributed by atoms with van der Waals surface area (Å²) in [6, 6.07) is 0. The number of hydrogen-bond donors (Lipinski definition) is 0. The molecule has 0 heterocycles. The second kappa shape index (κ2) is 8.54. The van der Waals surface area contributed by atoms with E-state index in [1.165, 1.54) is 32.1 Å². The Balaban J connectivity index is 2.07. The monoisotopic (exact) mass is 240 g/mol. The van der Waals surface area contributed by atoms with Gasteiger partial charge in [0.05, 0.1) is 6.61 Å². The molecule has 0 aliphatic heterocycles. The first kappa shape index (κ1) is 14.5. The van der Waals surface area contributed by atoms with Crippen molar-refractivity contribution in [3.8, 4) is 0 Å². The highest BCUT2D eigenvalue weighted by Gasteiger charge is 2.15. The fourth-order valence-corrected chi connectivity index (χ4v) is 2.61. The Morgan fingerprint density at radius 3 is 2.41 bits per heavy atom. The fourth-order valence-electron chi connectivity index (χ4n) is 2.61. The van der Waals surface area contributed by atoms with E-state index in [9.17, 15) is 4.79 Å². The van der Waals surface area contributed by atoms with Crippen LogP contribution < -0.4 is 0 Å². The molecule has 0 bridgehead atoms. The van der Waals surface area contributed by atoms with Crippen molar-refractivity contribution in [1.82, 2.24) is 0 Å². The van der Waals surface area contributed by atoms with Crippen LogP contribution in [-0.4, -0.2) is 12.6 Å². The zero-order valence-electron chi connectivity index (χ0n) is 11.5. The maximum absolute atomic E-state index is 11.6. The number of hydrogen-bond acceptors (Lipinski definition) is 2. The van der Waals surface area contributed by atoms with Gasteiger partial charge in [-0.2, -0.15) is 0 Å². The van der Waals surface area contributed by atoms with Crippen molar-refractivity contribution in [1.29, 1.82) is 0 Å². The predicted molar refractivity (Wildman–Crippen MR) is 70.8 cm³/mol. The van der Waals surface area contributed by atoms with Crippen LogP contribution >= 0.6 is 0 Å². The van der Waals surface area contributed by atoms with E-state index in [1.807, 2.05) is 0 Å². The Labute approximate surface area is 106 Å². The number of ether oxygens (including phenoxy) is 1. The summed E-state index contributed by atoms with van der Waals surface area (Å²) in [7, 11) is 0. The standard InChI is InChI=1S/C15H28O2/c1-3-13(4-2)12-17-15(16)11-10-14-8-6-5-7-9-14/h13-14H,3-12H2,1-2H3. The Morgan fingerprint density at radius 2 is 1.82 bits per heavy atom.